The zero-order valence-electron chi connectivity index (χ0n) is 19.9. The highest BCUT2D eigenvalue weighted by atomic mass is 19.4. The van der Waals surface area contributed by atoms with Gasteiger partial charge in [0.05, 0.1) is 19.3 Å². The van der Waals surface area contributed by atoms with Crippen LogP contribution in [0.1, 0.15) is 38.4 Å². The topological polar surface area (TPSA) is 81.1 Å². The van der Waals surface area contributed by atoms with Crippen LogP contribution in [0.15, 0.2) is 35.1 Å². The summed E-state index contributed by atoms with van der Waals surface area (Å²) in [5.41, 5.74) is -0.575. The first-order chi connectivity index (χ1) is 16.5. The van der Waals surface area contributed by atoms with Crippen LogP contribution >= 0.6 is 0 Å². The van der Waals surface area contributed by atoms with E-state index in [-0.39, 0.29) is 48.5 Å². The molecule has 0 N–H and O–H groups in total. The van der Waals surface area contributed by atoms with Crippen LogP contribution in [0, 0.1) is 0 Å². The van der Waals surface area contributed by atoms with Crippen molar-refractivity contribution in [1.82, 2.24) is 14.4 Å². The quantitative estimate of drug-likeness (QED) is 0.434. The van der Waals surface area contributed by atoms with E-state index >= 15 is 0 Å². The summed E-state index contributed by atoms with van der Waals surface area (Å²) in [6.45, 7) is 1.48. The maximum atomic E-state index is 13.0. The Kier molecular flexibility index (Phi) is 8.21. The van der Waals surface area contributed by atoms with E-state index in [1.807, 2.05) is 19.0 Å². The Bertz CT molecular complexity index is 1130. The fourth-order valence-corrected chi connectivity index (χ4v) is 3.94. The summed E-state index contributed by atoms with van der Waals surface area (Å²) < 4.78 is 50.6. The summed E-state index contributed by atoms with van der Waals surface area (Å²) in [7, 11) is 5.08. The predicted molar refractivity (Wildman–Crippen MR) is 122 cm³/mol. The second kappa shape index (κ2) is 10.9. The molecule has 8 nitrogen and oxygen atoms in total. The summed E-state index contributed by atoms with van der Waals surface area (Å²) in [6, 6.07) is 5.24. The van der Waals surface area contributed by atoms with E-state index in [1.54, 1.807) is 0 Å². The number of methoxy groups -OCH3 is 1. The number of carbonyl (C=O) groups is 2. The smallest absolute Gasteiger partial charge is 0.416 e. The van der Waals surface area contributed by atoms with Crippen molar-refractivity contribution in [2.45, 2.75) is 25.6 Å². The lowest BCUT2D eigenvalue weighted by molar-refractivity contribution is -0.137. The number of pyridine rings is 1. The molecule has 35 heavy (non-hydrogen) atoms. The van der Waals surface area contributed by atoms with E-state index in [0.29, 0.717) is 18.7 Å². The molecule has 11 heteroatoms. The summed E-state index contributed by atoms with van der Waals surface area (Å²) in [5, 5.41) is 0. The maximum absolute atomic E-state index is 13.0. The second-order valence-electron chi connectivity index (χ2n) is 8.43. The standard InChI is InChI=1S/C24H28F3N3O5/c1-28(2)10-4-14-35-19-15-20(31)30-13-12-29(11-9-18(30)21(19)23(33)34-3)22(32)16-5-7-17(8-6-16)24(25,26)27/h5-8,15H,4,9-14H2,1-3H3. The van der Waals surface area contributed by atoms with Gasteiger partial charge in [0.15, 0.2) is 0 Å². The molecule has 1 aliphatic rings. The lowest BCUT2D eigenvalue weighted by atomic mass is 10.1. The number of carbonyl (C=O) groups excluding carboxylic acids is 2. The molecule has 1 aromatic heterocycles. The number of amides is 1. The monoisotopic (exact) mass is 495 g/mol. The van der Waals surface area contributed by atoms with E-state index in [1.165, 1.54) is 22.6 Å². The molecule has 0 aliphatic carbocycles. The number of halogens is 3. The number of rotatable bonds is 7. The average Bonchev–Trinajstić information content (AvgIpc) is 3.04. The van der Waals surface area contributed by atoms with Gasteiger partial charge in [0.25, 0.3) is 11.5 Å². The largest absolute Gasteiger partial charge is 0.492 e. The number of aromatic nitrogens is 1. The molecule has 3 rings (SSSR count). The Morgan fingerprint density at radius 1 is 1.09 bits per heavy atom. The molecule has 0 fully saturated rings. The molecule has 0 saturated carbocycles. The molecule has 1 amide bonds. The fraction of sp³-hybridized carbons (Fsp3) is 0.458. The van der Waals surface area contributed by atoms with Crippen LogP contribution in [0.3, 0.4) is 0 Å². The van der Waals surface area contributed by atoms with Gasteiger partial charge in [-0.15, -0.1) is 0 Å². The zero-order valence-corrected chi connectivity index (χ0v) is 19.9. The number of ether oxygens (including phenoxy) is 2. The van der Waals surface area contributed by atoms with Gasteiger partial charge in [-0.05, 0) is 44.8 Å². The highest BCUT2D eigenvalue weighted by Gasteiger charge is 2.31. The molecular weight excluding hydrogens is 467 g/mol. The normalized spacial score (nSPS) is 13.9. The first-order valence-electron chi connectivity index (χ1n) is 11.1. The number of hydrogen-bond acceptors (Lipinski definition) is 6. The minimum atomic E-state index is -4.50. The van der Waals surface area contributed by atoms with Gasteiger partial charge < -0.3 is 23.8 Å². The first kappa shape index (κ1) is 26.3. The van der Waals surface area contributed by atoms with Crippen molar-refractivity contribution in [3.8, 4) is 5.75 Å². The molecule has 0 atom stereocenters. The molecule has 2 aromatic rings. The van der Waals surface area contributed by atoms with Gasteiger partial charge in [-0.25, -0.2) is 4.79 Å². The summed E-state index contributed by atoms with van der Waals surface area (Å²) in [4.78, 5) is 41.8. The van der Waals surface area contributed by atoms with E-state index < -0.39 is 23.6 Å². The molecule has 190 valence electrons. The van der Waals surface area contributed by atoms with E-state index in [2.05, 4.69) is 0 Å². The van der Waals surface area contributed by atoms with Crippen LogP contribution in [0.2, 0.25) is 0 Å². The van der Waals surface area contributed by atoms with Crippen molar-refractivity contribution in [3.05, 3.63) is 63.1 Å². The molecule has 0 saturated heterocycles. The van der Waals surface area contributed by atoms with Crippen molar-refractivity contribution >= 4 is 11.9 Å². The van der Waals surface area contributed by atoms with Crippen molar-refractivity contribution in [1.29, 1.82) is 0 Å². The highest BCUT2D eigenvalue weighted by Crippen LogP contribution is 2.29. The van der Waals surface area contributed by atoms with Crippen molar-refractivity contribution in [2.24, 2.45) is 0 Å². The Labute approximate surface area is 200 Å². The van der Waals surface area contributed by atoms with Gasteiger partial charge in [0.2, 0.25) is 0 Å². The van der Waals surface area contributed by atoms with Gasteiger partial charge in [-0.1, -0.05) is 0 Å². The lowest BCUT2D eigenvalue weighted by Crippen LogP contribution is -2.34. The number of fused-ring (bicyclic) bond motifs is 1. The van der Waals surface area contributed by atoms with Crippen molar-refractivity contribution < 1.29 is 32.2 Å². The third kappa shape index (κ3) is 6.21. The van der Waals surface area contributed by atoms with E-state index in [9.17, 15) is 27.6 Å². The van der Waals surface area contributed by atoms with E-state index in [0.717, 1.165) is 30.8 Å². The van der Waals surface area contributed by atoms with Crippen LogP contribution in [-0.2, 0) is 23.9 Å². The Hall–Kier alpha value is -3.34. The number of esters is 1. The van der Waals surface area contributed by atoms with Crippen molar-refractivity contribution in [3.63, 3.8) is 0 Å². The Morgan fingerprint density at radius 2 is 1.77 bits per heavy atom. The van der Waals surface area contributed by atoms with Crippen LogP contribution < -0.4 is 10.3 Å². The molecule has 0 spiro atoms. The van der Waals surface area contributed by atoms with Gasteiger partial charge in [0.1, 0.15) is 11.3 Å². The molecule has 0 unspecified atom stereocenters. The molecule has 0 radical (unpaired) electrons. The molecule has 1 aromatic carbocycles. The molecule has 0 bridgehead atoms. The second-order valence-corrected chi connectivity index (χ2v) is 8.43. The Balaban J connectivity index is 1.84. The highest BCUT2D eigenvalue weighted by molar-refractivity contribution is 5.95. The SMILES string of the molecule is COC(=O)c1c(OCCCN(C)C)cc(=O)n2c1CCN(C(=O)c1ccc(C(F)(F)F)cc1)CC2. The van der Waals surface area contributed by atoms with Crippen LogP contribution in [0.5, 0.6) is 5.75 Å². The van der Waals surface area contributed by atoms with Crippen LogP contribution in [-0.4, -0.2) is 73.7 Å². The molecular formula is C24H28F3N3O5. The number of hydrogen-bond donors (Lipinski definition) is 0. The van der Waals surface area contributed by atoms with E-state index in [4.69, 9.17) is 9.47 Å². The summed E-state index contributed by atoms with van der Waals surface area (Å²) in [6.07, 6.45) is -3.65. The predicted octanol–water partition coefficient (Wildman–Crippen LogP) is 2.68. The Morgan fingerprint density at radius 3 is 2.37 bits per heavy atom. The minimum absolute atomic E-state index is 0.106. The molecule has 1 aliphatic heterocycles. The maximum Gasteiger partial charge on any atom is 0.416 e. The average molecular weight is 495 g/mol. The summed E-state index contributed by atoms with van der Waals surface area (Å²) >= 11 is 0. The van der Waals surface area contributed by atoms with Crippen LogP contribution in [0.4, 0.5) is 13.2 Å². The first-order valence-corrected chi connectivity index (χ1v) is 11.1. The summed E-state index contributed by atoms with van der Waals surface area (Å²) in [5.74, 6) is -0.979. The lowest BCUT2D eigenvalue weighted by Gasteiger charge is -2.20. The number of alkyl halides is 3. The fourth-order valence-electron chi connectivity index (χ4n) is 3.94. The van der Waals surface area contributed by atoms with Gasteiger partial charge in [0, 0.05) is 49.9 Å². The van der Waals surface area contributed by atoms with Gasteiger partial charge in [-0.3, -0.25) is 9.59 Å². The number of benzene rings is 1. The van der Waals surface area contributed by atoms with Crippen LogP contribution in [0.25, 0.3) is 0 Å². The number of nitrogens with zero attached hydrogens (tertiary/aromatic N) is 3. The van der Waals surface area contributed by atoms with Gasteiger partial charge in [-0.2, -0.15) is 13.2 Å². The van der Waals surface area contributed by atoms with Crippen molar-refractivity contribution in [2.75, 3.05) is 47.4 Å². The zero-order chi connectivity index (χ0) is 25.8. The molecule has 2 heterocycles. The third-order valence-corrected chi connectivity index (χ3v) is 5.74. The van der Waals surface area contributed by atoms with Gasteiger partial charge >= 0.3 is 12.1 Å². The minimum Gasteiger partial charge on any atom is -0.492 e. The third-order valence-electron chi connectivity index (χ3n) is 5.74.